The predicted molar refractivity (Wildman–Crippen MR) is 78.5 cm³/mol. The lowest BCUT2D eigenvalue weighted by Gasteiger charge is -2.24. The van der Waals surface area contributed by atoms with Crippen molar-refractivity contribution in [2.45, 2.75) is 13.0 Å². The molecule has 2 aromatic rings. The van der Waals surface area contributed by atoms with Gasteiger partial charge in [0.1, 0.15) is 12.0 Å². The summed E-state index contributed by atoms with van der Waals surface area (Å²) in [4.78, 5) is 14.2. The molecule has 0 atom stereocenters. The van der Waals surface area contributed by atoms with Crippen LogP contribution in [0.25, 0.3) is 0 Å². The van der Waals surface area contributed by atoms with Crippen LogP contribution in [0.4, 0.5) is 11.5 Å². The van der Waals surface area contributed by atoms with Crippen LogP contribution in [0.1, 0.15) is 12.0 Å². The number of anilines is 2. The van der Waals surface area contributed by atoms with E-state index in [4.69, 9.17) is 15.7 Å². The molecular weight excluding hydrogens is 268 g/mol. The van der Waals surface area contributed by atoms with Crippen LogP contribution in [0.2, 0.25) is 0 Å². The van der Waals surface area contributed by atoms with E-state index in [0.717, 1.165) is 5.56 Å². The Morgan fingerprint density at radius 3 is 2.95 bits per heavy atom. The Hall–Kier alpha value is -2.88. The molecule has 108 valence electrons. The smallest absolute Gasteiger partial charge is 0.242 e. The summed E-state index contributed by atoms with van der Waals surface area (Å²) in [6, 6.07) is 5.95. The zero-order valence-corrected chi connectivity index (χ0v) is 11.7. The molecule has 21 heavy (non-hydrogen) atoms. The van der Waals surface area contributed by atoms with Crippen molar-refractivity contribution in [3.63, 3.8) is 0 Å². The summed E-state index contributed by atoms with van der Waals surface area (Å²) in [6.07, 6.45) is 5.25. The Morgan fingerprint density at radius 1 is 1.43 bits per heavy atom. The fourth-order valence-corrected chi connectivity index (χ4v) is 1.94. The van der Waals surface area contributed by atoms with E-state index < -0.39 is 0 Å². The SMILES string of the molecule is COc1ncnc(N(CCC#N)Cc2cccnc2)c1N. The van der Waals surface area contributed by atoms with Gasteiger partial charge < -0.3 is 15.4 Å². The highest BCUT2D eigenvalue weighted by Gasteiger charge is 2.16. The van der Waals surface area contributed by atoms with E-state index in [-0.39, 0.29) is 0 Å². The van der Waals surface area contributed by atoms with Crippen molar-refractivity contribution in [1.29, 1.82) is 5.26 Å². The van der Waals surface area contributed by atoms with E-state index in [9.17, 15) is 0 Å². The molecule has 0 saturated carbocycles. The van der Waals surface area contributed by atoms with Crippen LogP contribution >= 0.6 is 0 Å². The van der Waals surface area contributed by atoms with Crippen LogP contribution in [0.15, 0.2) is 30.9 Å². The summed E-state index contributed by atoms with van der Waals surface area (Å²) in [5.74, 6) is 0.883. The van der Waals surface area contributed by atoms with E-state index in [0.29, 0.717) is 36.9 Å². The summed E-state index contributed by atoms with van der Waals surface area (Å²) in [7, 11) is 1.50. The lowest BCUT2D eigenvalue weighted by molar-refractivity contribution is 0.399. The fourth-order valence-electron chi connectivity index (χ4n) is 1.94. The maximum absolute atomic E-state index is 8.82. The van der Waals surface area contributed by atoms with Crippen molar-refractivity contribution in [2.75, 3.05) is 24.3 Å². The second-order valence-corrected chi connectivity index (χ2v) is 4.31. The average molecular weight is 284 g/mol. The standard InChI is InChI=1S/C14H16N6O/c1-21-14-12(16)13(18-10-19-14)20(7-3-5-15)9-11-4-2-6-17-8-11/h2,4,6,8,10H,3,7,9,16H2,1H3. The summed E-state index contributed by atoms with van der Waals surface area (Å²) in [5.41, 5.74) is 7.40. The molecule has 0 fully saturated rings. The number of aromatic nitrogens is 3. The van der Waals surface area contributed by atoms with Gasteiger partial charge in [0.2, 0.25) is 5.88 Å². The van der Waals surface area contributed by atoms with Crippen molar-refractivity contribution in [3.05, 3.63) is 36.4 Å². The van der Waals surface area contributed by atoms with Crippen LogP contribution < -0.4 is 15.4 Å². The first kappa shape index (κ1) is 14.5. The topological polar surface area (TPSA) is 101 Å². The number of hydrogen-bond acceptors (Lipinski definition) is 7. The minimum absolute atomic E-state index is 0.327. The highest BCUT2D eigenvalue weighted by Crippen LogP contribution is 2.28. The molecule has 0 unspecified atom stereocenters. The Balaban J connectivity index is 2.30. The number of ether oxygens (including phenoxy) is 1. The predicted octanol–water partition coefficient (Wildman–Crippen LogP) is 1.38. The number of nitrogen functional groups attached to an aromatic ring is 1. The van der Waals surface area contributed by atoms with Gasteiger partial charge in [-0.2, -0.15) is 10.2 Å². The first-order valence-corrected chi connectivity index (χ1v) is 6.41. The van der Waals surface area contributed by atoms with E-state index >= 15 is 0 Å². The number of nitrogens with two attached hydrogens (primary N) is 1. The van der Waals surface area contributed by atoms with Gasteiger partial charge in [-0.1, -0.05) is 6.07 Å². The summed E-state index contributed by atoms with van der Waals surface area (Å²) in [5, 5.41) is 8.82. The Labute approximate surface area is 123 Å². The molecule has 7 heteroatoms. The van der Waals surface area contributed by atoms with Gasteiger partial charge in [0.15, 0.2) is 5.82 Å². The van der Waals surface area contributed by atoms with Crippen molar-refractivity contribution in [1.82, 2.24) is 15.0 Å². The Bertz CT molecular complexity index is 625. The average Bonchev–Trinajstić information content (AvgIpc) is 2.53. The number of rotatable bonds is 6. The van der Waals surface area contributed by atoms with Crippen molar-refractivity contribution in [3.8, 4) is 11.9 Å². The third-order valence-electron chi connectivity index (χ3n) is 2.91. The fraction of sp³-hybridized carbons (Fsp3) is 0.286. The molecule has 2 aromatic heterocycles. The maximum Gasteiger partial charge on any atom is 0.242 e. The first-order valence-electron chi connectivity index (χ1n) is 6.41. The third-order valence-corrected chi connectivity index (χ3v) is 2.91. The molecule has 0 aromatic carbocycles. The lowest BCUT2D eigenvalue weighted by Crippen LogP contribution is -2.26. The Morgan fingerprint density at radius 2 is 2.29 bits per heavy atom. The summed E-state index contributed by atoms with van der Waals surface area (Å²) < 4.78 is 5.11. The number of nitriles is 1. The lowest BCUT2D eigenvalue weighted by atomic mass is 10.2. The zero-order chi connectivity index (χ0) is 15.1. The Kier molecular flexibility index (Phi) is 4.88. The highest BCUT2D eigenvalue weighted by molar-refractivity contribution is 5.67. The largest absolute Gasteiger partial charge is 0.479 e. The number of hydrogen-bond donors (Lipinski definition) is 1. The number of pyridine rings is 1. The van der Waals surface area contributed by atoms with Gasteiger partial charge in [-0.25, -0.2) is 4.98 Å². The van der Waals surface area contributed by atoms with E-state index in [1.807, 2.05) is 17.0 Å². The second kappa shape index (κ2) is 7.05. The van der Waals surface area contributed by atoms with Gasteiger partial charge >= 0.3 is 0 Å². The molecule has 0 saturated heterocycles. The van der Waals surface area contributed by atoms with Crippen LogP contribution in [0.3, 0.4) is 0 Å². The van der Waals surface area contributed by atoms with E-state index in [1.165, 1.54) is 13.4 Å². The van der Waals surface area contributed by atoms with Gasteiger partial charge in [-0.05, 0) is 11.6 Å². The minimum atomic E-state index is 0.327. The van der Waals surface area contributed by atoms with Crippen LogP contribution in [-0.2, 0) is 6.54 Å². The van der Waals surface area contributed by atoms with Crippen molar-refractivity contribution >= 4 is 11.5 Å². The molecule has 2 N–H and O–H groups in total. The molecule has 2 rings (SSSR count). The summed E-state index contributed by atoms with van der Waals surface area (Å²) in [6.45, 7) is 1.07. The molecule has 0 aliphatic heterocycles. The molecule has 7 nitrogen and oxygen atoms in total. The summed E-state index contributed by atoms with van der Waals surface area (Å²) >= 11 is 0. The molecule has 2 heterocycles. The minimum Gasteiger partial charge on any atom is -0.479 e. The van der Waals surface area contributed by atoms with Gasteiger partial charge in [0, 0.05) is 25.5 Å². The molecule has 0 aliphatic rings. The first-order chi connectivity index (χ1) is 10.3. The zero-order valence-electron chi connectivity index (χ0n) is 11.7. The quantitative estimate of drug-likeness (QED) is 0.855. The third kappa shape index (κ3) is 3.57. The molecule has 0 bridgehead atoms. The number of methoxy groups -OCH3 is 1. The molecular formula is C14H16N6O. The van der Waals surface area contributed by atoms with Crippen LogP contribution in [0, 0.1) is 11.3 Å². The monoisotopic (exact) mass is 284 g/mol. The molecule has 0 aliphatic carbocycles. The van der Waals surface area contributed by atoms with Gasteiger partial charge in [-0.15, -0.1) is 0 Å². The molecule has 0 radical (unpaired) electrons. The van der Waals surface area contributed by atoms with Gasteiger partial charge in [0.05, 0.1) is 19.6 Å². The molecule has 0 amide bonds. The van der Waals surface area contributed by atoms with Gasteiger partial charge in [-0.3, -0.25) is 4.98 Å². The van der Waals surface area contributed by atoms with E-state index in [2.05, 4.69) is 21.0 Å². The number of nitrogens with zero attached hydrogens (tertiary/aromatic N) is 5. The highest BCUT2D eigenvalue weighted by atomic mass is 16.5. The van der Waals surface area contributed by atoms with Crippen LogP contribution in [0.5, 0.6) is 5.88 Å². The van der Waals surface area contributed by atoms with Crippen molar-refractivity contribution < 1.29 is 4.74 Å². The van der Waals surface area contributed by atoms with E-state index in [1.54, 1.807) is 12.4 Å². The van der Waals surface area contributed by atoms with Gasteiger partial charge in [0.25, 0.3) is 0 Å². The maximum atomic E-state index is 8.82. The van der Waals surface area contributed by atoms with Crippen molar-refractivity contribution in [2.24, 2.45) is 0 Å². The normalized spacial score (nSPS) is 9.90. The van der Waals surface area contributed by atoms with Crippen LogP contribution in [-0.4, -0.2) is 28.6 Å². The molecule has 0 spiro atoms. The second-order valence-electron chi connectivity index (χ2n) is 4.31.